The maximum atomic E-state index is 12.4. The van der Waals surface area contributed by atoms with Gasteiger partial charge < -0.3 is 28.2 Å². The number of aromatic nitrogens is 2. The zero-order valence-electron chi connectivity index (χ0n) is 27.0. The molecular weight excluding hydrogens is 560 g/mol. The Labute approximate surface area is 256 Å². The average Bonchev–Trinajstić information content (AvgIpc) is 3.36. The third-order valence-corrected chi connectivity index (χ3v) is 13.0. The molecule has 0 radical (unpaired) electrons. The highest BCUT2D eigenvalue weighted by Gasteiger charge is 2.37. The monoisotopic (exact) mass is 606 g/mol. The van der Waals surface area contributed by atoms with Crippen LogP contribution in [0.25, 0.3) is 15.8 Å². The molecule has 1 aliphatic heterocycles. The van der Waals surface area contributed by atoms with Crippen LogP contribution < -0.4 is 4.74 Å². The summed E-state index contributed by atoms with van der Waals surface area (Å²) in [4.78, 5) is 21.8. The molecule has 10 heteroatoms. The number of benzene rings is 1. The Bertz CT molecular complexity index is 1440. The number of nitrogens with zero attached hydrogens (tertiary/aromatic N) is 4. The predicted octanol–water partition coefficient (Wildman–Crippen LogP) is 8.45. The Balaban J connectivity index is 1.47. The van der Waals surface area contributed by atoms with Gasteiger partial charge >= 0.3 is 6.09 Å². The third kappa shape index (κ3) is 8.36. The zero-order chi connectivity index (χ0) is 31.4. The number of pyridine rings is 1. The molecule has 0 saturated carbocycles. The number of hydrogen-bond donors (Lipinski definition) is 0. The number of carbonyl (C=O) groups excluding carboxylic acids is 1. The van der Waals surface area contributed by atoms with Crippen LogP contribution in [0.4, 0.5) is 10.6 Å². The molecule has 4 rings (SSSR count). The van der Waals surface area contributed by atoms with Crippen LogP contribution >= 0.6 is 0 Å². The number of ether oxygens (including phenoxy) is 2. The molecule has 0 aliphatic carbocycles. The van der Waals surface area contributed by atoms with Gasteiger partial charge in [-0.2, -0.15) is 0 Å². The Morgan fingerprint density at radius 1 is 1.09 bits per heavy atom. The summed E-state index contributed by atoms with van der Waals surface area (Å²) < 4.78 is 24.4. The lowest BCUT2D eigenvalue weighted by molar-refractivity contribution is 0.0181. The second-order valence-corrected chi connectivity index (χ2v) is 18.8. The topological polar surface area (TPSA) is 91.3 Å². The van der Waals surface area contributed by atoms with E-state index in [1.165, 1.54) is 0 Å². The molecule has 0 bridgehead atoms. The number of fused-ring (bicyclic) bond motifs is 1. The zero-order valence-corrected chi connectivity index (χ0v) is 28.0. The first-order chi connectivity index (χ1) is 20.2. The molecule has 0 atom stereocenters. The minimum atomic E-state index is -2.05. The highest BCUT2D eigenvalue weighted by Crippen LogP contribution is 2.39. The molecule has 43 heavy (non-hydrogen) atoms. The van der Waals surface area contributed by atoms with Crippen LogP contribution in [0.15, 0.2) is 35.0 Å². The van der Waals surface area contributed by atoms with Gasteiger partial charge in [0.1, 0.15) is 24.2 Å². The van der Waals surface area contributed by atoms with Crippen molar-refractivity contribution in [3.8, 4) is 5.75 Å². The van der Waals surface area contributed by atoms with Gasteiger partial charge in [0, 0.05) is 24.0 Å². The van der Waals surface area contributed by atoms with E-state index >= 15 is 0 Å². The van der Waals surface area contributed by atoms with Gasteiger partial charge in [-0.05, 0) is 88.7 Å². The van der Waals surface area contributed by atoms with Crippen molar-refractivity contribution in [3.05, 3.63) is 58.7 Å². The number of likely N-dealkylation sites (tertiary alicyclic amines) is 1. The van der Waals surface area contributed by atoms with Crippen LogP contribution in [-0.4, -0.2) is 48.1 Å². The van der Waals surface area contributed by atoms with Gasteiger partial charge in [0.05, 0.1) is 17.9 Å². The molecule has 9 nitrogen and oxygen atoms in total. The fourth-order valence-corrected chi connectivity index (χ4v) is 5.75. The first kappa shape index (κ1) is 32.5. The quantitative estimate of drug-likeness (QED) is 0.178. The summed E-state index contributed by atoms with van der Waals surface area (Å²) >= 11 is 0. The Morgan fingerprint density at radius 3 is 2.42 bits per heavy atom. The van der Waals surface area contributed by atoms with Crippen LogP contribution in [0.3, 0.4) is 0 Å². The molecule has 1 aliphatic rings. The Kier molecular flexibility index (Phi) is 9.87. The molecule has 1 aromatic carbocycles. The van der Waals surface area contributed by atoms with E-state index in [2.05, 4.69) is 48.9 Å². The molecule has 0 unspecified atom stereocenters. The van der Waals surface area contributed by atoms with Crippen molar-refractivity contribution in [1.82, 2.24) is 15.0 Å². The highest BCUT2D eigenvalue weighted by molar-refractivity contribution is 6.74. The summed E-state index contributed by atoms with van der Waals surface area (Å²) in [5.41, 5.74) is 2.89. The fraction of sp³-hybridized carbons (Fsp3) is 0.576. The van der Waals surface area contributed by atoms with Crippen LogP contribution in [0.5, 0.6) is 5.75 Å². The molecule has 2 aromatic heterocycles. The molecule has 1 fully saturated rings. The molecule has 1 amide bonds. The van der Waals surface area contributed by atoms with E-state index in [0.29, 0.717) is 49.4 Å². The largest absolute Gasteiger partial charge is 0.488 e. The second-order valence-electron chi connectivity index (χ2n) is 14.0. The van der Waals surface area contributed by atoms with Crippen molar-refractivity contribution in [2.45, 2.75) is 104 Å². The first-order valence-electron chi connectivity index (χ1n) is 15.1. The maximum Gasteiger partial charge on any atom is 0.410 e. The van der Waals surface area contributed by atoms with Crippen LogP contribution in [-0.2, 0) is 28.8 Å². The van der Waals surface area contributed by atoms with Gasteiger partial charge in [-0.25, -0.2) is 4.79 Å². The van der Waals surface area contributed by atoms with E-state index in [9.17, 15) is 4.79 Å². The lowest BCUT2D eigenvalue weighted by atomic mass is 9.91. The second kappa shape index (κ2) is 13.1. The Hall–Kier alpha value is -3.42. The summed E-state index contributed by atoms with van der Waals surface area (Å²) in [6.07, 6.45) is 5.12. The summed E-state index contributed by atoms with van der Waals surface area (Å²) in [5, 5.41) is 5.54. The maximum absolute atomic E-state index is 12.4. The van der Waals surface area contributed by atoms with Crippen LogP contribution in [0.1, 0.15) is 77.6 Å². The fourth-order valence-electron chi connectivity index (χ4n) is 4.81. The van der Waals surface area contributed by atoms with Crippen LogP contribution in [0.2, 0.25) is 18.1 Å². The van der Waals surface area contributed by atoms with Gasteiger partial charge in [0.2, 0.25) is 0 Å². The predicted molar refractivity (Wildman–Crippen MR) is 170 cm³/mol. The standard InChI is InChI=1S/C33H46N4O5Si/c1-32(2,3)41-31(38)37-18-16-23(17-19-37)10-13-27-25-12-14-28(39-21-24-11-15-29(34-7)35-20-24)26(30(25)42-36-27)22-40-43(8,9)33(4,5)6/h11-12,14-15,20,23H,10,13,16-19,21-22H2,1-6,8-9H3. The molecule has 3 heterocycles. The molecule has 3 aromatic rings. The van der Waals surface area contributed by atoms with Crippen molar-refractivity contribution in [3.63, 3.8) is 0 Å². The number of aryl methyl sites for hydroxylation is 1. The van der Waals surface area contributed by atoms with Crippen molar-refractivity contribution in [2.75, 3.05) is 13.1 Å². The number of hydrogen-bond acceptors (Lipinski definition) is 7. The minimum absolute atomic E-state index is 0.0594. The number of amides is 1. The SMILES string of the molecule is [C-]#[N+]c1ccc(COc2ccc3c(CCC4CCN(C(=O)OC(C)(C)C)CC4)noc3c2CO[Si](C)(C)C(C)(C)C)cn1. The smallest absolute Gasteiger partial charge is 0.410 e. The first-order valence-corrected chi connectivity index (χ1v) is 18.0. The summed E-state index contributed by atoms with van der Waals surface area (Å²) in [5.74, 6) is 1.56. The van der Waals surface area contributed by atoms with Gasteiger partial charge in [0.15, 0.2) is 13.9 Å². The van der Waals surface area contributed by atoms with Crippen molar-refractivity contribution in [2.24, 2.45) is 5.92 Å². The average molecular weight is 607 g/mol. The van der Waals surface area contributed by atoms with E-state index in [-0.39, 0.29) is 11.1 Å². The molecule has 0 spiro atoms. The van der Waals surface area contributed by atoms with E-state index in [4.69, 9.17) is 25.0 Å². The Morgan fingerprint density at radius 2 is 1.81 bits per heavy atom. The number of piperidine rings is 1. The van der Waals surface area contributed by atoms with E-state index in [0.717, 1.165) is 47.9 Å². The molecular formula is C33H46N4O5Si. The minimum Gasteiger partial charge on any atom is -0.488 e. The summed E-state index contributed by atoms with van der Waals surface area (Å²) in [6, 6.07) is 7.56. The number of rotatable bonds is 9. The third-order valence-electron chi connectivity index (χ3n) is 8.53. The summed E-state index contributed by atoms with van der Waals surface area (Å²) in [7, 11) is -2.05. The molecule has 0 N–H and O–H groups in total. The van der Waals surface area contributed by atoms with Gasteiger partial charge in [-0.1, -0.05) is 38.6 Å². The lowest BCUT2D eigenvalue weighted by Crippen LogP contribution is -2.41. The van der Waals surface area contributed by atoms with Crippen molar-refractivity contribution in [1.29, 1.82) is 0 Å². The normalized spacial score (nSPS) is 15.0. The summed E-state index contributed by atoms with van der Waals surface area (Å²) in [6.45, 7) is 26.1. The molecule has 1 saturated heterocycles. The van der Waals surface area contributed by atoms with Crippen molar-refractivity contribution >= 4 is 31.2 Å². The van der Waals surface area contributed by atoms with Gasteiger partial charge in [-0.15, -0.1) is 4.98 Å². The van der Waals surface area contributed by atoms with E-state index in [1.54, 1.807) is 12.3 Å². The van der Waals surface area contributed by atoms with Gasteiger partial charge in [-0.3, -0.25) is 0 Å². The highest BCUT2D eigenvalue weighted by atomic mass is 28.4. The van der Waals surface area contributed by atoms with E-state index < -0.39 is 13.9 Å². The van der Waals surface area contributed by atoms with E-state index in [1.807, 2.05) is 43.9 Å². The lowest BCUT2D eigenvalue weighted by Gasteiger charge is -2.36. The van der Waals surface area contributed by atoms with Crippen LogP contribution in [0, 0.1) is 12.5 Å². The van der Waals surface area contributed by atoms with Crippen molar-refractivity contribution < 1.29 is 23.2 Å². The molecule has 232 valence electrons. The van der Waals surface area contributed by atoms with Gasteiger partial charge in [0.25, 0.3) is 5.82 Å². The number of carbonyl (C=O) groups is 1.